The number of imidazole rings is 1. The maximum atomic E-state index is 10.0. The van der Waals surface area contributed by atoms with Gasteiger partial charge in [-0.05, 0) is 30.7 Å². The number of fused-ring (bicyclic) bond motifs is 1. The molecule has 7 heteroatoms. The predicted molar refractivity (Wildman–Crippen MR) is 108 cm³/mol. The molecule has 6 nitrogen and oxygen atoms in total. The lowest BCUT2D eigenvalue weighted by Gasteiger charge is -2.28. The Labute approximate surface area is 166 Å². The minimum Gasteiger partial charge on any atom is -0.384 e. The molecule has 4 rings (SSSR count). The number of aromatic nitrogens is 2. The van der Waals surface area contributed by atoms with Gasteiger partial charge in [-0.1, -0.05) is 36.0 Å². The molecule has 28 heavy (non-hydrogen) atoms. The molecular formula is C21H16N6S. The highest BCUT2D eigenvalue weighted by Gasteiger charge is 2.34. The van der Waals surface area contributed by atoms with Crippen LogP contribution in [0.3, 0.4) is 0 Å². The van der Waals surface area contributed by atoms with E-state index in [2.05, 4.69) is 22.4 Å². The quantitative estimate of drug-likeness (QED) is 0.716. The van der Waals surface area contributed by atoms with E-state index in [1.165, 1.54) is 11.8 Å². The Morgan fingerprint density at radius 1 is 1.11 bits per heavy atom. The molecule has 0 spiro atoms. The van der Waals surface area contributed by atoms with Crippen LogP contribution in [0.1, 0.15) is 17.2 Å². The predicted octanol–water partition coefficient (Wildman–Crippen LogP) is 3.55. The van der Waals surface area contributed by atoms with Gasteiger partial charge in [0.05, 0.1) is 34.2 Å². The molecule has 0 bridgehead atoms. The first kappa shape index (κ1) is 17.7. The summed E-state index contributed by atoms with van der Waals surface area (Å²) in [4.78, 5) is 5.31. The molecule has 3 N–H and O–H groups in total. The first-order chi connectivity index (χ1) is 13.6. The van der Waals surface area contributed by atoms with Crippen LogP contribution in [0.4, 0.5) is 0 Å². The van der Waals surface area contributed by atoms with Crippen molar-refractivity contribution >= 4 is 17.4 Å². The number of hydrogen-bond donors (Lipinski definition) is 2. The van der Waals surface area contributed by atoms with E-state index in [0.717, 1.165) is 21.8 Å². The van der Waals surface area contributed by atoms with Crippen LogP contribution in [0.15, 0.2) is 81.7 Å². The van der Waals surface area contributed by atoms with Crippen LogP contribution in [0, 0.1) is 29.6 Å². The van der Waals surface area contributed by atoms with E-state index in [1.54, 1.807) is 6.20 Å². The van der Waals surface area contributed by atoms with E-state index in [0.29, 0.717) is 16.2 Å². The van der Waals surface area contributed by atoms with Crippen molar-refractivity contribution in [3.05, 3.63) is 88.1 Å². The number of pyridine rings is 1. The zero-order chi connectivity index (χ0) is 19.7. The van der Waals surface area contributed by atoms with Gasteiger partial charge in [0.15, 0.2) is 0 Å². The molecule has 2 aromatic heterocycles. The fraction of sp³-hybridized carbons (Fsp3) is 0.0952. The first-order valence-corrected chi connectivity index (χ1v) is 9.42. The van der Waals surface area contributed by atoms with Crippen LogP contribution in [0.2, 0.25) is 0 Å². The second kappa shape index (κ2) is 7.15. The van der Waals surface area contributed by atoms with Gasteiger partial charge in [-0.25, -0.2) is 4.98 Å². The lowest BCUT2D eigenvalue weighted by molar-refractivity contribution is 0.797. The largest absolute Gasteiger partial charge is 0.384 e. The molecule has 0 saturated heterocycles. The first-order valence-electron chi connectivity index (χ1n) is 8.60. The molecule has 0 saturated carbocycles. The summed E-state index contributed by atoms with van der Waals surface area (Å²) in [5, 5.41) is 23.5. The van der Waals surface area contributed by atoms with Crippen LogP contribution in [-0.4, -0.2) is 9.38 Å². The summed E-state index contributed by atoms with van der Waals surface area (Å²) in [6, 6.07) is 18.1. The van der Waals surface area contributed by atoms with Crippen molar-refractivity contribution in [3.8, 4) is 12.1 Å². The number of nitriles is 2. The van der Waals surface area contributed by atoms with Crippen molar-refractivity contribution in [2.45, 2.75) is 17.7 Å². The zero-order valence-corrected chi connectivity index (χ0v) is 15.9. The summed E-state index contributed by atoms with van der Waals surface area (Å²) in [5.41, 5.74) is 9.53. The highest BCUT2D eigenvalue weighted by Crippen LogP contribution is 2.42. The van der Waals surface area contributed by atoms with E-state index in [4.69, 9.17) is 5.73 Å². The molecule has 1 atom stereocenters. The number of benzene rings is 1. The van der Waals surface area contributed by atoms with Gasteiger partial charge >= 0.3 is 0 Å². The molecule has 136 valence electrons. The molecule has 1 aliphatic heterocycles. The molecule has 1 aromatic carbocycles. The average Bonchev–Trinajstić information content (AvgIpc) is 3.17. The molecule has 0 aliphatic carbocycles. The number of nitrogens with zero attached hydrogens (tertiary/aromatic N) is 4. The van der Waals surface area contributed by atoms with E-state index in [1.807, 2.05) is 60.0 Å². The highest BCUT2D eigenvalue weighted by molar-refractivity contribution is 8.03. The van der Waals surface area contributed by atoms with Crippen LogP contribution in [-0.2, 0) is 0 Å². The van der Waals surface area contributed by atoms with Crippen molar-refractivity contribution in [2.75, 3.05) is 0 Å². The summed E-state index contributed by atoms with van der Waals surface area (Å²) < 4.78 is 1.91. The van der Waals surface area contributed by atoms with Gasteiger partial charge in [0.2, 0.25) is 0 Å². The Morgan fingerprint density at radius 2 is 1.86 bits per heavy atom. The lowest BCUT2D eigenvalue weighted by atomic mass is 9.85. The van der Waals surface area contributed by atoms with E-state index in [9.17, 15) is 10.5 Å². The second-order valence-corrected chi connectivity index (χ2v) is 7.41. The van der Waals surface area contributed by atoms with Gasteiger partial charge in [0, 0.05) is 23.0 Å². The van der Waals surface area contributed by atoms with Gasteiger partial charge in [0.25, 0.3) is 0 Å². The Kier molecular flexibility index (Phi) is 4.52. The van der Waals surface area contributed by atoms with Crippen LogP contribution >= 0.6 is 11.8 Å². The topological polar surface area (TPSA) is 103 Å². The van der Waals surface area contributed by atoms with E-state index in [-0.39, 0.29) is 5.82 Å². The molecule has 0 fully saturated rings. The summed E-state index contributed by atoms with van der Waals surface area (Å²) >= 11 is 1.42. The number of aryl methyl sites for hydroxylation is 1. The van der Waals surface area contributed by atoms with Gasteiger partial charge in [-0.2, -0.15) is 10.5 Å². The third-order valence-electron chi connectivity index (χ3n) is 4.65. The molecule has 3 heterocycles. The maximum Gasteiger partial charge on any atom is 0.136 e. The second-order valence-electron chi connectivity index (χ2n) is 6.32. The Balaban J connectivity index is 1.94. The van der Waals surface area contributed by atoms with Crippen LogP contribution in [0.25, 0.3) is 5.65 Å². The number of allylic oxidation sites excluding steroid dienone is 2. The standard InChI is InChI=1S/C21H16N6S/c1-13-7-8-17-25-9-10-27(17)19(13)18-15(11-22)20(24)26-21(16(18)12-23)28-14-5-3-2-4-6-14/h2-10,18,26H,24H2,1H3. The molecule has 1 unspecified atom stereocenters. The summed E-state index contributed by atoms with van der Waals surface area (Å²) in [7, 11) is 0. The number of nitrogens with two attached hydrogens (primary N) is 1. The SMILES string of the molecule is Cc1ccc2nccn2c1C1C(C#N)=C(N)NC(Sc2ccccc2)=C1C#N. The fourth-order valence-electron chi connectivity index (χ4n) is 3.37. The van der Waals surface area contributed by atoms with Crippen molar-refractivity contribution in [1.82, 2.24) is 14.7 Å². The zero-order valence-electron chi connectivity index (χ0n) is 15.0. The van der Waals surface area contributed by atoms with Gasteiger partial charge in [-0.3, -0.25) is 0 Å². The fourth-order valence-corrected chi connectivity index (χ4v) is 4.34. The number of hydrogen-bond acceptors (Lipinski definition) is 6. The molecular weight excluding hydrogens is 368 g/mol. The maximum absolute atomic E-state index is 10.0. The minimum absolute atomic E-state index is 0.265. The van der Waals surface area contributed by atoms with E-state index >= 15 is 0 Å². The molecule has 3 aromatic rings. The Hall–Kier alpha value is -3.68. The number of dihydropyridines is 1. The third-order valence-corrected chi connectivity index (χ3v) is 5.69. The van der Waals surface area contributed by atoms with Crippen LogP contribution < -0.4 is 11.1 Å². The van der Waals surface area contributed by atoms with Crippen molar-refractivity contribution in [3.63, 3.8) is 0 Å². The summed E-state index contributed by atoms with van der Waals surface area (Å²) in [5.74, 6) is -0.304. The number of rotatable bonds is 3. The number of nitrogens with one attached hydrogen (secondary N) is 1. The van der Waals surface area contributed by atoms with Gasteiger partial charge in [0.1, 0.15) is 11.5 Å². The molecule has 0 radical (unpaired) electrons. The smallest absolute Gasteiger partial charge is 0.136 e. The Morgan fingerprint density at radius 3 is 2.57 bits per heavy atom. The Bertz CT molecular complexity index is 1210. The lowest BCUT2D eigenvalue weighted by Crippen LogP contribution is -2.30. The van der Waals surface area contributed by atoms with Crippen LogP contribution in [0.5, 0.6) is 0 Å². The normalized spacial score (nSPS) is 16.6. The third kappa shape index (κ3) is 2.88. The summed E-state index contributed by atoms with van der Waals surface area (Å²) in [6.45, 7) is 1.96. The molecule has 0 amide bonds. The van der Waals surface area contributed by atoms with Crippen molar-refractivity contribution < 1.29 is 0 Å². The minimum atomic E-state index is -0.569. The van der Waals surface area contributed by atoms with E-state index < -0.39 is 5.92 Å². The highest BCUT2D eigenvalue weighted by atomic mass is 32.2. The monoisotopic (exact) mass is 384 g/mol. The van der Waals surface area contributed by atoms with Crippen molar-refractivity contribution in [1.29, 1.82) is 10.5 Å². The average molecular weight is 384 g/mol. The van der Waals surface area contributed by atoms with Gasteiger partial charge in [-0.15, -0.1) is 0 Å². The number of thioether (sulfide) groups is 1. The van der Waals surface area contributed by atoms with Crippen molar-refractivity contribution in [2.24, 2.45) is 5.73 Å². The summed E-state index contributed by atoms with van der Waals surface area (Å²) in [6.07, 6.45) is 3.54. The molecule has 1 aliphatic rings. The van der Waals surface area contributed by atoms with Gasteiger partial charge < -0.3 is 15.5 Å².